The lowest BCUT2D eigenvalue weighted by Crippen LogP contribution is -2.49. The highest BCUT2D eigenvalue weighted by atomic mass is 16.2. The molecule has 0 aliphatic heterocycles. The minimum atomic E-state index is -0.241. The summed E-state index contributed by atoms with van der Waals surface area (Å²) in [7, 11) is 0. The van der Waals surface area contributed by atoms with Crippen molar-refractivity contribution in [2.45, 2.75) is 65.0 Å². The second kappa shape index (κ2) is 5.52. The summed E-state index contributed by atoms with van der Waals surface area (Å²) in [4.78, 5) is 25.1. The van der Waals surface area contributed by atoms with Gasteiger partial charge in [-0.1, -0.05) is 12.8 Å². The molecule has 1 aliphatic carbocycles. The molecule has 1 aliphatic rings. The number of carbonyl (C=O) groups is 2. The quantitative estimate of drug-likeness (QED) is 0.816. The van der Waals surface area contributed by atoms with Crippen LogP contribution >= 0.6 is 0 Å². The number of nitrogens with zero attached hydrogens (tertiary/aromatic N) is 1. The summed E-state index contributed by atoms with van der Waals surface area (Å²) >= 11 is 0. The Kier molecular flexibility index (Phi) is 4.54. The monoisotopic (exact) mass is 240 g/mol. The Balaban J connectivity index is 2.55. The Labute approximate surface area is 104 Å². The first kappa shape index (κ1) is 14.0. The third kappa shape index (κ3) is 4.75. The molecule has 0 aromatic rings. The van der Waals surface area contributed by atoms with Crippen LogP contribution in [-0.2, 0) is 9.59 Å². The number of nitrogens with one attached hydrogen (secondary N) is 1. The first-order chi connectivity index (χ1) is 7.79. The molecule has 0 saturated heterocycles. The third-order valence-electron chi connectivity index (χ3n) is 3.00. The molecule has 4 nitrogen and oxygen atoms in total. The predicted octanol–water partition coefficient (Wildman–Crippen LogP) is 1.69. The van der Waals surface area contributed by atoms with E-state index in [1.165, 1.54) is 0 Å². The van der Waals surface area contributed by atoms with Crippen molar-refractivity contribution in [2.24, 2.45) is 0 Å². The Hall–Kier alpha value is -1.06. The Bertz CT molecular complexity index is 288. The molecular weight excluding hydrogens is 216 g/mol. The fourth-order valence-electron chi connectivity index (χ4n) is 2.33. The van der Waals surface area contributed by atoms with Crippen molar-refractivity contribution in [3.63, 3.8) is 0 Å². The van der Waals surface area contributed by atoms with Crippen LogP contribution < -0.4 is 5.32 Å². The van der Waals surface area contributed by atoms with Crippen molar-refractivity contribution in [2.75, 3.05) is 6.54 Å². The van der Waals surface area contributed by atoms with Crippen molar-refractivity contribution in [3.8, 4) is 0 Å². The van der Waals surface area contributed by atoms with Gasteiger partial charge in [-0.3, -0.25) is 9.59 Å². The van der Waals surface area contributed by atoms with E-state index in [0.29, 0.717) is 0 Å². The van der Waals surface area contributed by atoms with Gasteiger partial charge in [0.1, 0.15) is 0 Å². The molecule has 0 unspecified atom stereocenters. The van der Waals surface area contributed by atoms with Crippen LogP contribution in [0.2, 0.25) is 0 Å². The summed E-state index contributed by atoms with van der Waals surface area (Å²) in [6, 6.07) is 0.262. The molecular formula is C13H24N2O2. The lowest BCUT2D eigenvalue weighted by atomic mass is 10.1. The summed E-state index contributed by atoms with van der Waals surface area (Å²) < 4.78 is 0. The fourth-order valence-corrected chi connectivity index (χ4v) is 2.33. The van der Waals surface area contributed by atoms with Gasteiger partial charge in [0.15, 0.2) is 0 Å². The average molecular weight is 240 g/mol. The van der Waals surface area contributed by atoms with Gasteiger partial charge in [-0.15, -0.1) is 0 Å². The van der Waals surface area contributed by atoms with Crippen molar-refractivity contribution in [1.29, 1.82) is 0 Å². The molecule has 2 amide bonds. The van der Waals surface area contributed by atoms with Crippen LogP contribution in [0.3, 0.4) is 0 Å². The highest BCUT2D eigenvalue weighted by Gasteiger charge is 2.27. The summed E-state index contributed by atoms with van der Waals surface area (Å²) in [6.45, 7) is 7.57. The van der Waals surface area contributed by atoms with Gasteiger partial charge in [-0.05, 0) is 33.6 Å². The maximum Gasteiger partial charge on any atom is 0.240 e. The molecule has 17 heavy (non-hydrogen) atoms. The van der Waals surface area contributed by atoms with Crippen LogP contribution in [0.15, 0.2) is 0 Å². The van der Waals surface area contributed by atoms with Gasteiger partial charge in [0.25, 0.3) is 0 Å². The molecule has 1 N–H and O–H groups in total. The first-order valence-corrected chi connectivity index (χ1v) is 6.38. The van der Waals surface area contributed by atoms with E-state index in [2.05, 4.69) is 5.32 Å². The Morgan fingerprint density at radius 2 is 1.76 bits per heavy atom. The lowest BCUT2D eigenvalue weighted by Gasteiger charge is -2.29. The van der Waals surface area contributed by atoms with E-state index >= 15 is 0 Å². The van der Waals surface area contributed by atoms with Crippen molar-refractivity contribution in [3.05, 3.63) is 0 Å². The molecule has 4 heteroatoms. The molecule has 1 saturated carbocycles. The zero-order valence-corrected chi connectivity index (χ0v) is 11.4. The van der Waals surface area contributed by atoms with Gasteiger partial charge in [-0.2, -0.15) is 0 Å². The predicted molar refractivity (Wildman–Crippen MR) is 67.5 cm³/mol. The summed E-state index contributed by atoms with van der Waals surface area (Å²) in [6.07, 6.45) is 4.38. The lowest BCUT2D eigenvalue weighted by molar-refractivity contribution is -0.137. The van der Waals surface area contributed by atoms with E-state index < -0.39 is 0 Å². The highest BCUT2D eigenvalue weighted by molar-refractivity contribution is 5.84. The SMILES string of the molecule is CC(=O)N(CC(=O)NC(C)(C)C)C1CCCC1. The molecule has 0 bridgehead atoms. The van der Waals surface area contributed by atoms with Crippen LogP contribution in [0.5, 0.6) is 0 Å². The molecule has 0 radical (unpaired) electrons. The Morgan fingerprint density at radius 1 is 1.24 bits per heavy atom. The normalized spacial score (nSPS) is 16.9. The first-order valence-electron chi connectivity index (χ1n) is 6.38. The van der Waals surface area contributed by atoms with Gasteiger partial charge in [0, 0.05) is 18.5 Å². The minimum absolute atomic E-state index is 0.000888. The largest absolute Gasteiger partial charge is 0.350 e. The molecule has 0 heterocycles. The molecule has 0 aromatic carbocycles. The second-order valence-corrected chi connectivity index (χ2v) is 5.88. The van der Waals surface area contributed by atoms with E-state index in [9.17, 15) is 9.59 Å². The van der Waals surface area contributed by atoms with Gasteiger partial charge in [-0.25, -0.2) is 0 Å². The summed E-state index contributed by atoms with van der Waals surface area (Å²) in [5.41, 5.74) is -0.241. The van der Waals surface area contributed by atoms with Crippen molar-refractivity contribution < 1.29 is 9.59 Å². The van der Waals surface area contributed by atoms with E-state index in [0.717, 1.165) is 25.7 Å². The zero-order chi connectivity index (χ0) is 13.1. The second-order valence-electron chi connectivity index (χ2n) is 5.88. The number of amides is 2. The molecule has 0 aromatic heterocycles. The van der Waals surface area contributed by atoms with Crippen LogP contribution in [0.4, 0.5) is 0 Å². The zero-order valence-electron chi connectivity index (χ0n) is 11.4. The highest BCUT2D eigenvalue weighted by Crippen LogP contribution is 2.23. The molecule has 98 valence electrons. The molecule has 0 atom stereocenters. The molecule has 0 spiro atoms. The number of carbonyl (C=O) groups excluding carboxylic acids is 2. The summed E-state index contributed by atoms with van der Waals surface area (Å²) in [5.74, 6) is -0.0689. The van der Waals surface area contributed by atoms with Gasteiger partial charge in [0.2, 0.25) is 11.8 Å². The maximum absolute atomic E-state index is 11.8. The standard InChI is InChI=1S/C13H24N2O2/c1-10(16)15(11-7-5-6-8-11)9-12(17)14-13(2,3)4/h11H,5-9H2,1-4H3,(H,14,17). The number of hydrogen-bond donors (Lipinski definition) is 1. The maximum atomic E-state index is 11.8. The van der Waals surface area contributed by atoms with E-state index in [4.69, 9.17) is 0 Å². The average Bonchev–Trinajstić information content (AvgIpc) is 2.63. The summed E-state index contributed by atoms with van der Waals surface area (Å²) in [5, 5.41) is 2.90. The third-order valence-corrected chi connectivity index (χ3v) is 3.00. The number of hydrogen-bond acceptors (Lipinski definition) is 2. The van der Waals surface area contributed by atoms with Crippen molar-refractivity contribution >= 4 is 11.8 Å². The van der Waals surface area contributed by atoms with Gasteiger partial charge < -0.3 is 10.2 Å². The van der Waals surface area contributed by atoms with Crippen LogP contribution in [0.25, 0.3) is 0 Å². The topological polar surface area (TPSA) is 49.4 Å². The molecule has 1 fully saturated rings. The van der Waals surface area contributed by atoms with Crippen LogP contribution in [0.1, 0.15) is 53.4 Å². The molecule has 1 rings (SSSR count). The van der Waals surface area contributed by atoms with Crippen molar-refractivity contribution in [1.82, 2.24) is 10.2 Å². The minimum Gasteiger partial charge on any atom is -0.350 e. The van der Waals surface area contributed by atoms with E-state index in [1.54, 1.807) is 11.8 Å². The Morgan fingerprint density at radius 3 is 2.18 bits per heavy atom. The van der Waals surface area contributed by atoms with Gasteiger partial charge >= 0.3 is 0 Å². The smallest absolute Gasteiger partial charge is 0.240 e. The van der Waals surface area contributed by atoms with E-state index in [-0.39, 0.29) is 29.9 Å². The van der Waals surface area contributed by atoms with E-state index in [1.807, 2.05) is 20.8 Å². The fraction of sp³-hybridized carbons (Fsp3) is 0.846. The van der Waals surface area contributed by atoms with Crippen LogP contribution in [-0.4, -0.2) is 34.8 Å². The number of rotatable bonds is 3. The van der Waals surface area contributed by atoms with Crippen LogP contribution in [0, 0.1) is 0 Å². The van der Waals surface area contributed by atoms with Gasteiger partial charge in [0.05, 0.1) is 6.54 Å².